The molecule has 0 aromatic heterocycles. The lowest BCUT2D eigenvalue weighted by Gasteiger charge is -2.37. The molecule has 14 heavy (non-hydrogen) atoms. The van der Waals surface area contributed by atoms with Crippen LogP contribution in [0.5, 0.6) is 0 Å². The molecule has 2 fully saturated rings. The fourth-order valence-electron chi connectivity index (χ4n) is 4.27. The molecular weight excluding hydrogens is 168 g/mol. The molecule has 2 aliphatic carbocycles. The smallest absolute Gasteiger partial charge is 0.0334 e. The molecule has 0 spiro atoms. The van der Waals surface area contributed by atoms with Gasteiger partial charge in [0.1, 0.15) is 0 Å². The van der Waals surface area contributed by atoms with E-state index in [-0.39, 0.29) is 0 Å². The zero-order valence-electron chi connectivity index (χ0n) is 10.5. The van der Waals surface area contributed by atoms with Gasteiger partial charge in [0, 0.05) is 0 Å². The van der Waals surface area contributed by atoms with Crippen LogP contribution in [0.15, 0.2) is 0 Å². The Morgan fingerprint density at radius 3 is 2.00 bits per heavy atom. The van der Waals surface area contributed by atoms with E-state index in [1.165, 1.54) is 6.42 Å². The van der Waals surface area contributed by atoms with Crippen molar-refractivity contribution in [2.24, 2.45) is 41.4 Å². The number of rotatable bonds is 2. The number of hydrogen-bond donors (Lipinski definition) is 0. The van der Waals surface area contributed by atoms with Crippen LogP contribution in [-0.4, -0.2) is 0 Å². The van der Waals surface area contributed by atoms with Gasteiger partial charge in [-0.15, -0.1) is 0 Å². The Labute approximate surface area is 89.5 Å². The van der Waals surface area contributed by atoms with E-state index in [1.54, 1.807) is 6.42 Å². The van der Waals surface area contributed by atoms with Crippen LogP contribution >= 0.6 is 0 Å². The van der Waals surface area contributed by atoms with Gasteiger partial charge in [-0.3, -0.25) is 0 Å². The fourth-order valence-corrected chi connectivity index (χ4v) is 4.27. The van der Waals surface area contributed by atoms with Crippen LogP contribution < -0.4 is 0 Å². The molecule has 0 radical (unpaired) electrons. The normalized spacial score (nSPS) is 46.9. The maximum absolute atomic E-state index is 2.49. The highest BCUT2D eigenvalue weighted by Crippen LogP contribution is 2.61. The Morgan fingerprint density at radius 2 is 1.50 bits per heavy atom. The molecule has 2 saturated carbocycles. The Bertz CT molecular complexity index is 202. The summed E-state index contributed by atoms with van der Waals surface area (Å²) in [7, 11) is 0. The van der Waals surface area contributed by atoms with Crippen LogP contribution in [0.1, 0.15) is 47.5 Å². The van der Waals surface area contributed by atoms with Crippen molar-refractivity contribution in [1.29, 1.82) is 0 Å². The first kappa shape index (κ1) is 10.5. The summed E-state index contributed by atoms with van der Waals surface area (Å²) in [6, 6.07) is 0. The van der Waals surface area contributed by atoms with E-state index in [0.717, 1.165) is 41.4 Å². The van der Waals surface area contributed by atoms with Gasteiger partial charge in [0.15, 0.2) is 0 Å². The van der Waals surface area contributed by atoms with Crippen LogP contribution in [0.2, 0.25) is 0 Å². The summed E-state index contributed by atoms with van der Waals surface area (Å²) < 4.78 is 0. The van der Waals surface area contributed by atoms with Crippen LogP contribution in [-0.2, 0) is 0 Å². The van der Waals surface area contributed by atoms with Crippen molar-refractivity contribution in [1.82, 2.24) is 0 Å². The molecule has 0 aromatic carbocycles. The van der Waals surface area contributed by atoms with Gasteiger partial charge in [0.2, 0.25) is 0 Å². The van der Waals surface area contributed by atoms with Gasteiger partial charge >= 0.3 is 0 Å². The fraction of sp³-hybridized carbons (Fsp3) is 1.00. The predicted molar refractivity (Wildman–Crippen MR) is 62.0 cm³/mol. The molecule has 0 N–H and O–H groups in total. The van der Waals surface area contributed by atoms with E-state index in [4.69, 9.17) is 0 Å². The average molecular weight is 194 g/mol. The monoisotopic (exact) mass is 194 g/mol. The minimum absolute atomic E-state index is 0.910. The molecule has 0 nitrogen and oxygen atoms in total. The summed E-state index contributed by atoms with van der Waals surface area (Å²) in [5, 5.41) is 0. The molecule has 0 saturated heterocycles. The summed E-state index contributed by atoms with van der Waals surface area (Å²) in [5.74, 6) is 7.10. The first-order valence-electron chi connectivity index (χ1n) is 6.52. The van der Waals surface area contributed by atoms with Gasteiger partial charge in [-0.05, 0) is 54.3 Å². The van der Waals surface area contributed by atoms with Crippen molar-refractivity contribution < 1.29 is 0 Å². The summed E-state index contributed by atoms with van der Waals surface area (Å²) in [4.78, 5) is 0. The quantitative estimate of drug-likeness (QED) is 0.618. The van der Waals surface area contributed by atoms with Crippen molar-refractivity contribution in [2.75, 3.05) is 0 Å². The summed E-state index contributed by atoms with van der Waals surface area (Å²) in [6.07, 6.45) is 3.05. The summed E-state index contributed by atoms with van der Waals surface area (Å²) >= 11 is 0. The topological polar surface area (TPSA) is 0 Å². The standard InChI is InChI=1S/C14H26/c1-8(2)11-6-10(5)14(9(3)4)13-7-12(11)13/h8-14H,6-7H2,1-5H3/t10-,11?,12+,13+,14-/m1/s1. The van der Waals surface area contributed by atoms with Crippen LogP contribution in [0.3, 0.4) is 0 Å². The van der Waals surface area contributed by atoms with Crippen molar-refractivity contribution in [2.45, 2.75) is 47.5 Å². The average Bonchev–Trinajstić information content (AvgIpc) is 2.80. The predicted octanol–water partition coefficient (Wildman–Crippen LogP) is 4.21. The first-order valence-corrected chi connectivity index (χ1v) is 6.52. The molecular formula is C14H26. The van der Waals surface area contributed by atoms with Gasteiger partial charge < -0.3 is 0 Å². The third-order valence-corrected chi connectivity index (χ3v) is 4.86. The molecule has 82 valence electrons. The molecule has 1 unspecified atom stereocenters. The molecule has 2 rings (SSSR count). The molecule has 5 atom stereocenters. The summed E-state index contributed by atoms with van der Waals surface area (Å²) in [5.41, 5.74) is 0. The SMILES string of the molecule is CC(C)C1C[C@@H](C)[C@@H](C(C)C)[C@H]2C[C@@H]12. The van der Waals surface area contributed by atoms with E-state index in [2.05, 4.69) is 34.6 Å². The van der Waals surface area contributed by atoms with Gasteiger partial charge in [0.25, 0.3) is 0 Å². The second kappa shape index (κ2) is 3.54. The zero-order valence-corrected chi connectivity index (χ0v) is 10.5. The van der Waals surface area contributed by atoms with Crippen molar-refractivity contribution >= 4 is 0 Å². The lowest BCUT2D eigenvalue weighted by molar-refractivity contribution is 0.113. The van der Waals surface area contributed by atoms with Crippen molar-refractivity contribution in [3.05, 3.63) is 0 Å². The lowest BCUT2D eigenvalue weighted by Crippen LogP contribution is -2.31. The molecule has 0 bridgehead atoms. The van der Waals surface area contributed by atoms with Gasteiger partial charge in [-0.2, -0.15) is 0 Å². The van der Waals surface area contributed by atoms with Gasteiger partial charge in [-0.1, -0.05) is 34.6 Å². The van der Waals surface area contributed by atoms with E-state index in [0.29, 0.717) is 0 Å². The van der Waals surface area contributed by atoms with Crippen LogP contribution in [0, 0.1) is 41.4 Å². The molecule has 0 aromatic rings. The molecule has 0 heteroatoms. The lowest BCUT2D eigenvalue weighted by atomic mass is 9.68. The summed E-state index contributed by atoms with van der Waals surface area (Å²) in [6.45, 7) is 12.2. The maximum atomic E-state index is 2.49. The first-order chi connectivity index (χ1) is 6.52. The second-order valence-electron chi connectivity index (χ2n) is 6.51. The number of fused-ring (bicyclic) bond motifs is 1. The minimum atomic E-state index is 0.910. The third-order valence-electron chi connectivity index (χ3n) is 4.86. The molecule has 0 aliphatic heterocycles. The van der Waals surface area contributed by atoms with E-state index >= 15 is 0 Å². The zero-order chi connectivity index (χ0) is 10.5. The van der Waals surface area contributed by atoms with Crippen molar-refractivity contribution in [3.8, 4) is 0 Å². The van der Waals surface area contributed by atoms with E-state index in [1.807, 2.05) is 0 Å². The minimum Gasteiger partial charge on any atom is -0.0625 e. The third kappa shape index (κ3) is 1.61. The molecule has 0 amide bonds. The highest BCUT2D eigenvalue weighted by atomic mass is 14.6. The second-order valence-corrected chi connectivity index (χ2v) is 6.51. The maximum Gasteiger partial charge on any atom is -0.0334 e. The highest BCUT2D eigenvalue weighted by Gasteiger charge is 2.53. The Balaban J connectivity index is 2.05. The van der Waals surface area contributed by atoms with Crippen LogP contribution in [0.4, 0.5) is 0 Å². The van der Waals surface area contributed by atoms with Gasteiger partial charge in [-0.25, -0.2) is 0 Å². The Kier molecular flexibility index (Phi) is 2.66. The van der Waals surface area contributed by atoms with E-state index in [9.17, 15) is 0 Å². The van der Waals surface area contributed by atoms with E-state index < -0.39 is 0 Å². The largest absolute Gasteiger partial charge is 0.0625 e. The van der Waals surface area contributed by atoms with Gasteiger partial charge in [0.05, 0.1) is 0 Å². The number of hydrogen-bond acceptors (Lipinski definition) is 0. The Morgan fingerprint density at radius 1 is 0.857 bits per heavy atom. The Hall–Kier alpha value is 0. The molecule has 2 aliphatic rings. The van der Waals surface area contributed by atoms with Crippen LogP contribution in [0.25, 0.3) is 0 Å². The highest BCUT2D eigenvalue weighted by molar-refractivity contribution is 5.02. The van der Waals surface area contributed by atoms with Crippen molar-refractivity contribution in [3.63, 3.8) is 0 Å². The molecule has 0 heterocycles.